The van der Waals surface area contributed by atoms with Gasteiger partial charge in [0.15, 0.2) is 0 Å². The van der Waals surface area contributed by atoms with Gasteiger partial charge in [0.25, 0.3) is 5.69 Å². The fraction of sp³-hybridized carbons (Fsp3) is 0.438. The molecule has 1 N–H and O–H groups in total. The van der Waals surface area contributed by atoms with Crippen LogP contribution in [0.1, 0.15) is 38.8 Å². The molecule has 0 saturated carbocycles. The quantitative estimate of drug-likeness (QED) is 0.650. The molecule has 2 aromatic rings. The van der Waals surface area contributed by atoms with Crippen molar-refractivity contribution in [3.63, 3.8) is 0 Å². The van der Waals surface area contributed by atoms with E-state index in [0.29, 0.717) is 12.0 Å². The number of benzene rings is 1. The van der Waals surface area contributed by atoms with Crippen LogP contribution in [0.25, 0.3) is 10.9 Å². The zero-order chi connectivity index (χ0) is 15.4. The minimum Gasteiger partial charge on any atom is -0.314 e. The van der Waals surface area contributed by atoms with E-state index < -0.39 is 0 Å². The maximum Gasteiger partial charge on any atom is 0.270 e. The van der Waals surface area contributed by atoms with Crippen LogP contribution in [0, 0.1) is 10.1 Å². The Balaban J connectivity index is 2.37. The normalized spacial score (nSPS) is 14.0. The van der Waals surface area contributed by atoms with Gasteiger partial charge >= 0.3 is 0 Å². The van der Waals surface area contributed by atoms with E-state index in [2.05, 4.69) is 31.1 Å². The highest BCUT2D eigenvalue weighted by atomic mass is 16.6. The lowest BCUT2D eigenvalue weighted by Gasteiger charge is -2.23. The molecule has 0 saturated heterocycles. The van der Waals surface area contributed by atoms with Gasteiger partial charge in [-0.15, -0.1) is 0 Å². The van der Waals surface area contributed by atoms with Crippen LogP contribution in [0.3, 0.4) is 0 Å². The van der Waals surface area contributed by atoms with E-state index in [1.165, 1.54) is 6.07 Å². The van der Waals surface area contributed by atoms with Gasteiger partial charge in [0.1, 0.15) is 0 Å². The van der Waals surface area contributed by atoms with Gasteiger partial charge in [-0.3, -0.25) is 15.1 Å². The Kier molecular flexibility index (Phi) is 4.85. The van der Waals surface area contributed by atoms with Crippen LogP contribution in [0.2, 0.25) is 0 Å². The third-order valence-electron chi connectivity index (χ3n) is 3.85. The van der Waals surface area contributed by atoms with Gasteiger partial charge in [0, 0.05) is 35.2 Å². The molecule has 2 unspecified atom stereocenters. The molecule has 5 nitrogen and oxygen atoms in total. The first-order chi connectivity index (χ1) is 10.1. The van der Waals surface area contributed by atoms with Gasteiger partial charge in [-0.05, 0) is 32.0 Å². The Bertz CT molecular complexity index is 642. The highest BCUT2D eigenvalue weighted by Crippen LogP contribution is 2.26. The van der Waals surface area contributed by atoms with E-state index in [1.807, 2.05) is 12.1 Å². The summed E-state index contributed by atoms with van der Waals surface area (Å²) < 4.78 is 0. The van der Waals surface area contributed by atoms with Crippen molar-refractivity contribution in [2.24, 2.45) is 0 Å². The monoisotopic (exact) mass is 287 g/mol. The molecule has 0 spiro atoms. The van der Waals surface area contributed by atoms with Gasteiger partial charge in [-0.1, -0.05) is 19.9 Å². The summed E-state index contributed by atoms with van der Waals surface area (Å²) in [5, 5.41) is 15.0. The number of hydrogen-bond donors (Lipinski definition) is 1. The molecule has 0 aliphatic heterocycles. The molecule has 1 heterocycles. The summed E-state index contributed by atoms with van der Waals surface area (Å²) in [7, 11) is 0. The fourth-order valence-corrected chi connectivity index (χ4v) is 2.73. The van der Waals surface area contributed by atoms with Crippen LogP contribution in [-0.4, -0.2) is 22.5 Å². The predicted molar refractivity (Wildman–Crippen MR) is 84.6 cm³/mol. The Hall–Kier alpha value is -2.01. The topological polar surface area (TPSA) is 68.1 Å². The Morgan fingerprint density at radius 1 is 1.29 bits per heavy atom. The van der Waals surface area contributed by atoms with Crippen molar-refractivity contribution in [3.8, 4) is 0 Å². The number of rotatable bonds is 6. The predicted octanol–water partition coefficient (Wildman–Crippen LogP) is 3.63. The van der Waals surface area contributed by atoms with Gasteiger partial charge in [-0.25, -0.2) is 0 Å². The van der Waals surface area contributed by atoms with E-state index in [1.54, 1.807) is 12.1 Å². The molecule has 112 valence electrons. The molecule has 0 bridgehead atoms. The summed E-state index contributed by atoms with van der Waals surface area (Å²) in [5.74, 6) is 0.338. The average Bonchev–Trinajstić information content (AvgIpc) is 2.47. The van der Waals surface area contributed by atoms with E-state index >= 15 is 0 Å². The number of pyridine rings is 1. The summed E-state index contributed by atoms with van der Waals surface area (Å²) in [6.45, 7) is 7.34. The Morgan fingerprint density at radius 2 is 2.05 bits per heavy atom. The van der Waals surface area contributed by atoms with Crippen molar-refractivity contribution in [2.45, 2.75) is 39.2 Å². The fourth-order valence-electron chi connectivity index (χ4n) is 2.73. The lowest BCUT2D eigenvalue weighted by molar-refractivity contribution is -0.384. The second-order valence-corrected chi connectivity index (χ2v) is 5.23. The molecule has 2 atom stereocenters. The van der Waals surface area contributed by atoms with Gasteiger partial charge in [-0.2, -0.15) is 0 Å². The van der Waals surface area contributed by atoms with Crippen molar-refractivity contribution in [1.82, 2.24) is 10.3 Å². The van der Waals surface area contributed by atoms with Crippen molar-refractivity contribution >= 4 is 16.6 Å². The Labute approximate surface area is 124 Å². The van der Waals surface area contributed by atoms with E-state index in [0.717, 1.165) is 29.6 Å². The number of likely N-dealkylation sites (N-methyl/N-ethyl adjacent to an activating group) is 1. The van der Waals surface area contributed by atoms with Crippen LogP contribution in [-0.2, 0) is 0 Å². The molecule has 1 aromatic heterocycles. The number of nitrogens with one attached hydrogen (secondary N) is 1. The SMILES string of the molecule is CCNC(C)C(CC)c1ccc2cc([N+](=O)[O-])ccc2n1. The second kappa shape index (κ2) is 6.63. The third kappa shape index (κ3) is 3.36. The molecule has 0 radical (unpaired) electrons. The van der Waals surface area contributed by atoms with Crippen LogP contribution in [0.4, 0.5) is 5.69 Å². The van der Waals surface area contributed by atoms with Crippen LogP contribution in [0.5, 0.6) is 0 Å². The molecule has 5 heteroatoms. The van der Waals surface area contributed by atoms with Crippen LogP contribution in [0.15, 0.2) is 30.3 Å². The van der Waals surface area contributed by atoms with Crippen molar-refractivity contribution in [3.05, 3.63) is 46.1 Å². The summed E-state index contributed by atoms with van der Waals surface area (Å²) >= 11 is 0. The van der Waals surface area contributed by atoms with Gasteiger partial charge in [0.05, 0.1) is 10.4 Å². The number of nitrogens with zero attached hydrogens (tertiary/aromatic N) is 2. The van der Waals surface area contributed by atoms with Crippen molar-refractivity contribution < 1.29 is 4.92 Å². The number of hydrogen-bond acceptors (Lipinski definition) is 4. The number of nitro groups is 1. The summed E-state index contributed by atoms with van der Waals surface area (Å²) in [4.78, 5) is 15.1. The smallest absolute Gasteiger partial charge is 0.270 e. The molecular formula is C16H21N3O2. The molecule has 21 heavy (non-hydrogen) atoms. The lowest BCUT2D eigenvalue weighted by Crippen LogP contribution is -2.32. The molecule has 0 aliphatic carbocycles. The van der Waals surface area contributed by atoms with Crippen molar-refractivity contribution in [1.29, 1.82) is 0 Å². The highest BCUT2D eigenvalue weighted by Gasteiger charge is 2.18. The average molecular weight is 287 g/mol. The van der Waals surface area contributed by atoms with E-state index in [4.69, 9.17) is 0 Å². The molecule has 2 rings (SSSR count). The number of nitro benzene ring substituents is 1. The first-order valence-corrected chi connectivity index (χ1v) is 7.35. The van der Waals surface area contributed by atoms with Crippen LogP contribution >= 0.6 is 0 Å². The van der Waals surface area contributed by atoms with Crippen molar-refractivity contribution in [2.75, 3.05) is 6.54 Å². The summed E-state index contributed by atoms with van der Waals surface area (Å²) in [6, 6.07) is 9.05. The molecule has 0 fully saturated rings. The first kappa shape index (κ1) is 15.4. The highest BCUT2D eigenvalue weighted by molar-refractivity contribution is 5.81. The summed E-state index contributed by atoms with van der Waals surface area (Å²) in [5.41, 5.74) is 1.94. The van der Waals surface area contributed by atoms with Gasteiger partial charge in [0.2, 0.25) is 0 Å². The largest absolute Gasteiger partial charge is 0.314 e. The maximum absolute atomic E-state index is 10.8. The number of aromatic nitrogens is 1. The lowest BCUT2D eigenvalue weighted by atomic mass is 9.93. The van der Waals surface area contributed by atoms with E-state index in [-0.39, 0.29) is 10.6 Å². The zero-order valence-electron chi connectivity index (χ0n) is 12.7. The zero-order valence-corrected chi connectivity index (χ0v) is 12.7. The number of fused-ring (bicyclic) bond motifs is 1. The van der Waals surface area contributed by atoms with Gasteiger partial charge < -0.3 is 5.32 Å². The van der Waals surface area contributed by atoms with E-state index in [9.17, 15) is 10.1 Å². The first-order valence-electron chi connectivity index (χ1n) is 7.35. The second-order valence-electron chi connectivity index (χ2n) is 5.23. The molecule has 0 aliphatic rings. The number of non-ortho nitro benzene ring substituents is 1. The minimum absolute atomic E-state index is 0.102. The summed E-state index contributed by atoms with van der Waals surface area (Å²) in [6.07, 6.45) is 1.000. The molecule has 0 amide bonds. The molecular weight excluding hydrogens is 266 g/mol. The molecule has 1 aromatic carbocycles. The van der Waals surface area contributed by atoms with Crippen LogP contribution < -0.4 is 5.32 Å². The maximum atomic E-state index is 10.8. The standard InChI is InChI=1S/C16H21N3O2/c1-4-14(11(3)17-5-2)16-8-6-12-10-13(19(20)21)7-9-15(12)18-16/h6-11,14,17H,4-5H2,1-3H3. The Morgan fingerprint density at radius 3 is 2.67 bits per heavy atom. The minimum atomic E-state index is -0.380. The third-order valence-corrected chi connectivity index (χ3v) is 3.85.